The van der Waals surface area contributed by atoms with Gasteiger partial charge in [0, 0.05) is 12.1 Å². The standard InChI is InChI=1S/C12H11Cl2N3O/c1-2-17-11(9(14)6-16-17)12(18)7-3-4-8(13)10(15)5-7/h3-6H,2,15H2,1H3. The largest absolute Gasteiger partial charge is 0.398 e. The molecule has 4 nitrogen and oxygen atoms in total. The van der Waals surface area contributed by atoms with Gasteiger partial charge in [-0.3, -0.25) is 9.48 Å². The number of carbonyl (C=O) groups is 1. The van der Waals surface area contributed by atoms with Crippen LogP contribution in [0.4, 0.5) is 5.69 Å². The van der Waals surface area contributed by atoms with Gasteiger partial charge in [-0.15, -0.1) is 0 Å². The molecule has 1 aromatic heterocycles. The minimum absolute atomic E-state index is 0.220. The molecular weight excluding hydrogens is 273 g/mol. The Kier molecular flexibility index (Phi) is 3.59. The molecule has 1 heterocycles. The van der Waals surface area contributed by atoms with Crippen LogP contribution in [-0.2, 0) is 6.54 Å². The van der Waals surface area contributed by atoms with Crippen LogP contribution in [0.25, 0.3) is 0 Å². The molecule has 2 aromatic rings. The highest BCUT2D eigenvalue weighted by Gasteiger charge is 2.19. The number of halogens is 2. The summed E-state index contributed by atoms with van der Waals surface area (Å²) in [5.74, 6) is -0.220. The first-order chi connectivity index (χ1) is 8.54. The predicted molar refractivity (Wildman–Crippen MR) is 72.2 cm³/mol. The first kappa shape index (κ1) is 12.9. The molecule has 0 fully saturated rings. The van der Waals surface area contributed by atoms with E-state index in [2.05, 4.69) is 5.10 Å². The van der Waals surface area contributed by atoms with Gasteiger partial charge in [0.25, 0.3) is 0 Å². The number of hydrogen-bond acceptors (Lipinski definition) is 3. The normalized spacial score (nSPS) is 10.6. The van der Waals surface area contributed by atoms with Gasteiger partial charge in [0.15, 0.2) is 0 Å². The van der Waals surface area contributed by atoms with Crippen molar-refractivity contribution < 1.29 is 4.79 Å². The van der Waals surface area contributed by atoms with Gasteiger partial charge in [-0.25, -0.2) is 0 Å². The lowest BCUT2D eigenvalue weighted by Gasteiger charge is -2.06. The van der Waals surface area contributed by atoms with Crippen LogP contribution in [0.1, 0.15) is 23.0 Å². The van der Waals surface area contributed by atoms with Crippen LogP contribution in [0.2, 0.25) is 10.0 Å². The summed E-state index contributed by atoms with van der Waals surface area (Å²) in [6.07, 6.45) is 1.46. The number of hydrogen-bond donors (Lipinski definition) is 1. The van der Waals surface area contributed by atoms with E-state index in [9.17, 15) is 4.79 Å². The van der Waals surface area contributed by atoms with Crippen LogP contribution < -0.4 is 5.73 Å². The smallest absolute Gasteiger partial charge is 0.212 e. The first-order valence-corrected chi connectivity index (χ1v) is 6.11. The second-order valence-corrected chi connectivity index (χ2v) is 4.54. The fraction of sp³-hybridized carbons (Fsp3) is 0.167. The number of nitrogens with zero attached hydrogens (tertiary/aromatic N) is 2. The van der Waals surface area contributed by atoms with Crippen LogP contribution in [0.3, 0.4) is 0 Å². The van der Waals surface area contributed by atoms with Gasteiger partial charge < -0.3 is 5.73 Å². The summed E-state index contributed by atoms with van der Waals surface area (Å²) in [5.41, 5.74) is 6.84. The molecule has 0 saturated carbocycles. The molecule has 0 saturated heterocycles. The number of aromatic nitrogens is 2. The molecule has 2 rings (SSSR count). The predicted octanol–water partition coefficient (Wildman–Crippen LogP) is 3.02. The van der Waals surface area contributed by atoms with Gasteiger partial charge in [-0.05, 0) is 25.1 Å². The Labute approximate surface area is 114 Å². The number of carbonyl (C=O) groups excluding carboxylic acids is 1. The van der Waals surface area contributed by atoms with Crippen LogP contribution in [0, 0.1) is 0 Å². The van der Waals surface area contributed by atoms with Gasteiger partial charge in [-0.1, -0.05) is 23.2 Å². The molecular formula is C12H11Cl2N3O. The summed E-state index contributed by atoms with van der Waals surface area (Å²) in [4.78, 5) is 12.3. The Morgan fingerprint density at radius 3 is 2.72 bits per heavy atom. The number of benzene rings is 1. The third kappa shape index (κ3) is 2.21. The second-order valence-electron chi connectivity index (χ2n) is 3.72. The van der Waals surface area contributed by atoms with E-state index in [-0.39, 0.29) is 5.78 Å². The van der Waals surface area contributed by atoms with Gasteiger partial charge in [0.05, 0.1) is 21.9 Å². The molecule has 6 heteroatoms. The molecule has 0 bridgehead atoms. The van der Waals surface area contributed by atoms with Crippen molar-refractivity contribution in [1.29, 1.82) is 0 Å². The quantitative estimate of drug-likeness (QED) is 0.696. The minimum Gasteiger partial charge on any atom is -0.398 e. The average molecular weight is 284 g/mol. The van der Waals surface area contributed by atoms with Crippen LogP contribution in [0.5, 0.6) is 0 Å². The summed E-state index contributed by atoms with van der Waals surface area (Å²) in [5, 5.41) is 4.77. The van der Waals surface area contributed by atoms with Crippen molar-refractivity contribution in [2.45, 2.75) is 13.5 Å². The molecule has 0 radical (unpaired) electrons. The molecule has 0 unspecified atom stereocenters. The Bertz CT molecular complexity index is 607. The summed E-state index contributed by atoms with van der Waals surface area (Å²) in [6, 6.07) is 4.74. The minimum atomic E-state index is -0.220. The Balaban J connectivity index is 2.47. The zero-order valence-electron chi connectivity index (χ0n) is 9.65. The molecule has 0 amide bonds. The number of nitrogen functional groups attached to an aromatic ring is 1. The highest BCUT2D eigenvalue weighted by molar-refractivity contribution is 6.35. The van der Waals surface area contributed by atoms with Crippen LogP contribution in [0.15, 0.2) is 24.4 Å². The molecule has 94 valence electrons. The Morgan fingerprint density at radius 2 is 2.11 bits per heavy atom. The van der Waals surface area contributed by atoms with Gasteiger partial charge in [0.1, 0.15) is 5.69 Å². The van der Waals surface area contributed by atoms with Gasteiger partial charge in [-0.2, -0.15) is 5.10 Å². The van der Waals surface area contributed by atoms with E-state index in [4.69, 9.17) is 28.9 Å². The maximum absolute atomic E-state index is 12.3. The third-order valence-corrected chi connectivity index (χ3v) is 3.19. The molecule has 18 heavy (non-hydrogen) atoms. The summed E-state index contributed by atoms with van der Waals surface area (Å²) < 4.78 is 1.55. The summed E-state index contributed by atoms with van der Waals surface area (Å²) >= 11 is 11.8. The van der Waals surface area contributed by atoms with Crippen molar-refractivity contribution in [1.82, 2.24) is 9.78 Å². The van der Waals surface area contributed by atoms with Crippen molar-refractivity contribution >= 4 is 34.7 Å². The maximum atomic E-state index is 12.3. The molecule has 0 aliphatic heterocycles. The monoisotopic (exact) mass is 283 g/mol. The number of nitrogens with two attached hydrogens (primary N) is 1. The first-order valence-electron chi connectivity index (χ1n) is 5.35. The lowest BCUT2D eigenvalue weighted by Crippen LogP contribution is -2.11. The second kappa shape index (κ2) is 5.00. The molecule has 1 aromatic carbocycles. The maximum Gasteiger partial charge on any atom is 0.212 e. The number of rotatable bonds is 3. The van der Waals surface area contributed by atoms with Crippen molar-refractivity contribution in [3.63, 3.8) is 0 Å². The number of aryl methyl sites for hydroxylation is 1. The van der Waals surface area contributed by atoms with Crippen molar-refractivity contribution in [3.05, 3.63) is 45.7 Å². The average Bonchev–Trinajstić information content (AvgIpc) is 2.73. The number of ketones is 1. The highest BCUT2D eigenvalue weighted by atomic mass is 35.5. The van der Waals surface area contributed by atoms with E-state index >= 15 is 0 Å². The Morgan fingerprint density at radius 1 is 1.39 bits per heavy atom. The van der Waals surface area contributed by atoms with Crippen molar-refractivity contribution in [2.75, 3.05) is 5.73 Å². The van der Waals surface area contributed by atoms with Gasteiger partial charge in [0.2, 0.25) is 5.78 Å². The Hall–Kier alpha value is -1.52. The molecule has 0 spiro atoms. The molecule has 2 N–H and O–H groups in total. The van der Waals surface area contributed by atoms with E-state index in [0.29, 0.717) is 33.5 Å². The van der Waals surface area contributed by atoms with E-state index in [1.807, 2.05) is 6.92 Å². The molecule has 0 aliphatic carbocycles. The van der Waals surface area contributed by atoms with Crippen LogP contribution in [-0.4, -0.2) is 15.6 Å². The number of anilines is 1. The summed E-state index contributed by atoms with van der Waals surface area (Å²) in [7, 11) is 0. The van der Waals surface area contributed by atoms with Crippen molar-refractivity contribution in [3.8, 4) is 0 Å². The summed E-state index contributed by atoms with van der Waals surface area (Å²) in [6.45, 7) is 2.45. The van der Waals surface area contributed by atoms with Gasteiger partial charge >= 0.3 is 0 Å². The van der Waals surface area contributed by atoms with E-state index in [0.717, 1.165) is 0 Å². The molecule has 0 atom stereocenters. The van der Waals surface area contributed by atoms with Crippen molar-refractivity contribution in [2.24, 2.45) is 0 Å². The van der Waals surface area contributed by atoms with E-state index in [1.54, 1.807) is 16.8 Å². The fourth-order valence-electron chi connectivity index (χ4n) is 1.65. The molecule has 0 aliphatic rings. The fourth-order valence-corrected chi connectivity index (χ4v) is 1.99. The topological polar surface area (TPSA) is 60.9 Å². The zero-order chi connectivity index (χ0) is 13.3. The lowest BCUT2D eigenvalue weighted by atomic mass is 10.1. The van der Waals surface area contributed by atoms with Crippen LogP contribution >= 0.6 is 23.2 Å². The zero-order valence-corrected chi connectivity index (χ0v) is 11.2. The SMILES string of the molecule is CCn1ncc(Cl)c1C(=O)c1ccc(Cl)c(N)c1. The van der Waals surface area contributed by atoms with E-state index in [1.165, 1.54) is 12.3 Å². The lowest BCUT2D eigenvalue weighted by molar-refractivity contribution is 0.102. The van der Waals surface area contributed by atoms with E-state index < -0.39 is 0 Å². The third-order valence-electron chi connectivity index (χ3n) is 2.57. The highest BCUT2D eigenvalue weighted by Crippen LogP contribution is 2.24.